The first kappa shape index (κ1) is 17.2. The highest BCUT2D eigenvalue weighted by Crippen LogP contribution is 2.37. The molecule has 2 atom stereocenters. The van der Waals surface area contributed by atoms with E-state index in [1.165, 1.54) is 5.56 Å². The molecule has 2 N–H and O–H groups in total. The number of aliphatic hydroxyl groups excluding tert-OH is 1. The Morgan fingerprint density at radius 3 is 2.88 bits per heavy atom. The minimum absolute atomic E-state index is 0.0146. The number of aliphatic hydroxyl groups is 1. The van der Waals surface area contributed by atoms with E-state index < -0.39 is 11.5 Å². The van der Waals surface area contributed by atoms with Crippen LogP contribution in [-0.4, -0.2) is 51.4 Å². The summed E-state index contributed by atoms with van der Waals surface area (Å²) in [5.41, 5.74) is 1.72. The van der Waals surface area contributed by atoms with Gasteiger partial charge in [0.25, 0.3) is 0 Å². The Balaban J connectivity index is 1.42. The van der Waals surface area contributed by atoms with Gasteiger partial charge < -0.3 is 10.4 Å². The number of aromatic nitrogens is 2. The Bertz CT molecular complexity index is 760. The molecule has 3 heterocycles. The zero-order valence-electron chi connectivity index (χ0n) is 15.0. The normalized spacial score (nSPS) is 26.8. The Labute approximate surface area is 153 Å². The molecule has 0 saturated carbocycles. The monoisotopic (exact) mass is 354 g/mol. The van der Waals surface area contributed by atoms with E-state index in [2.05, 4.69) is 33.6 Å². The van der Waals surface area contributed by atoms with Crippen LogP contribution >= 0.6 is 0 Å². The molecule has 2 aliphatic rings. The number of amides is 1. The minimum Gasteiger partial charge on any atom is -0.392 e. The fourth-order valence-corrected chi connectivity index (χ4v) is 4.27. The Kier molecular flexibility index (Phi) is 4.78. The molecule has 2 aliphatic heterocycles. The summed E-state index contributed by atoms with van der Waals surface area (Å²) in [6.07, 6.45) is 5.79. The number of hydrogen-bond acceptors (Lipinski definition) is 4. The van der Waals surface area contributed by atoms with Gasteiger partial charge >= 0.3 is 0 Å². The van der Waals surface area contributed by atoms with E-state index in [0.717, 1.165) is 44.6 Å². The standard InChI is InChI=1S/C20H26N4O2/c25-18-7-10-23(15-20(18)8-4-9-21-19(20)26)12-17-11-22-24(14-17)13-16-5-2-1-3-6-16/h1-3,5-6,11,14,18,25H,4,7-10,12-13,15H2,(H,21,26)/t18-,20+/m0/s1. The summed E-state index contributed by atoms with van der Waals surface area (Å²) in [4.78, 5) is 14.8. The van der Waals surface area contributed by atoms with Crippen molar-refractivity contribution in [1.29, 1.82) is 0 Å². The van der Waals surface area contributed by atoms with E-state index in [1.54, 1.807) is 0 Å². The van der Waals surface area contributed by atoms with Gasteiger partial charge in [0, 0.05) is 37.9 Å². The van der Waals surface area contributed by atoms with Gasteiger partial charge in [0.2, 0.25) is 5.91 Å². The quantitative estimate of drug-likeness (QED) is 0.871. The third kappa shape index (κ3) is 3.39. The molecule has 1 spiro atoms. The third-order valence-corrected chi connectivity index (χ3v) is 5.68. The van der Waals surface area contributed by atoms with Gasteiger partial charge in [-0.05, 0) is 24.8 Å². The fourth-order valence-electron chi connectivity index (χ4n) is 4.27. The average Bonchev–Trinajstić information content (AvgIpc) is 3.08. The van der Waals surface area contributed by atoms with Crippen LogP contribution in [0.3, 0.4) is 0 Å². The van der Waals surface area contributed by atoms with Crippen molar-refractivity contribution in [1.82, 2.24) is 20.0 Å². The lowest BCUT2D eigenvalue weighted by Crippen LogP contribution is -2.61. The lowest BCUT2D eigenvalue weighted by Gasteiger charge is -2.46. The molecule has 6 nitrogen and oxygen atoms in total. The van der Waals surface area contributed by atoms with Gasteiger partial charge in [-0.2, -0.15) is 5.10 Å². The van der Waals surface area contributed by atoms with Gasteiger partial charge in [-0.1, -0.05) is 30.3 Å². The van der Waals surface area contributed by atoms with Crippen LogP contribution < -0.4 is 5.32 Å². The van der Waals surface area contributed by atoms with Crippen LogP contribution in [0.4, 0.5) is 0 Å². The molecule has 0 radical (unpaired) electrons. The van der Waals surface area contributed by atoms with E-state index in [0.29, 0.717) is 13.0 Å². The maximum Gasteiger partial charge on any atom is 0.230 e. The molecule has 2 aromatic rings. The number of carbonyl (C=O) groups is 1. The number of likely N-dealkylation sites (tertiary alicyclic amines) is 1. The second kappa shape index (κ2) is 7.21. The second-order valence-electron chi connectivity index (χ2n) is 7.56. The predicted octanol–water partition coefficient (Wildman–Crippen LogP) is 1.39. The van der Waals surface area contributed by atoms with E-state index >= 15 is 0 Å². The van der Waals surface area contributed by atoms with Crippen molar-refractivity contribution in [2.45, 2.75) is 38.5 Å². The molecule has 6 heteroatoms. The maximum atomic E-state index is 12.5. The van der Waals surface area contributed by atoms with Crippen molar-refractivity contribution < 1.29 is 9.90 Å². The van der Waals surface area contributed by atoms with Gasteiger partial charge in [0.05, 0.1) is 24.3 Å². The summed E-state index contributed by atoms with van der Waals surface area (Å²) >= 11 is 0. The average molecular weight is 354 g/mol. The largest absolute Gasteiger partial charge is 0.392 e. The van der Waals surface area contributed by atoms with Crippen LogP contribution in [0.1, 0.15) is 30.4 Å². The Morgan fingerprint density at radius 2 is 2.08 bits per heavy atom. The summed E-state index contributed by atoms with van der Waals surface area (Å²) in [5.74, 6) is 0.0146. The molecule has 138 valence electrons. The van der Waals surface area contributed by atoms with E-state index in [-0.39, 0.29) is 5.91 Å². The summed E-state index contributed by atoms with van der Waals surface area (Å²) in [5, 5.41) is 17.9. The highest BCUT2D eigenvalue weighted by Gasteiger charge is 2.49. The number of rotatable bonds is 4. The van der Waals surface area contributed by atoms with Crippen LogP contribution in [0.5, 0.6) is 0 Å². The number of nitrogens with one attached hydrogen (secondary N) is 1. The summed E-state index contributed by atoms with van der Waals surface area (Å²) in [6.45, 7) is 3.66. The number of hydrogen-bond donors (Lipinski definition) is 2. The molecule has 0 aliphatic carbocycles. The van der Waals surface area contributed by atoms with E-state index in [1.807, 2.05) is 29.1 Å². The smallest absolute Gasteiger partial charge is 0.230 e. The topological polar surface area (TPSA) is 70.4 Å². The van der Waals surface area contributed by atoms with Crippen molar-refractivity contribution in [3.05, 3.63) is 53.9 Å². The summed E-state index contributed by atoms with van der Waals surface area (Å²) in [7, 11) is 0. The van der Waals surface area contributed by atoms with Crippen LogP contribution in [0.15, 0.2) is 42.7 Å². The highest BCUT2D eigenvalue weighted by molar-refractivity contribution is 5.84. The van der Waals surface area contributed by atoms with Crippen molar-refractivity contribution in [3.8, 4) is 0 Å². The minimum atomic E-state index is -0.642. The number of benzene rings is 1. The molecule has 1 aromatic heterocycles. The third-order valence-electron chi connectivity index (χ3n) is 5.68. The molecule has 2 fully saturated rings. The Morgan fingerprint density at radius 1 is 1.23 bits per heavy atom. The van der Waals surface area contributed by atoms with Gasteiger partial charge in [0.1, 0.15) is 0 Å². The highest BCUT2D eigenvalue weighted by atomic mass is 16.3. The van der Waals surface area contributed by atoms with Crippen molar-refractivity contribution >= 4 is 5.91 Å². The molecule has 0 bridgehead atoms. The number of nitrogens with zero attached hydrogens (tertiary/aromatic N) is 3. The van der Waals surface area contributed by atoms with Crippen LogP contribution in [0.25, 0.3) is 0 Å². The van der Waals surface area contributed by atoms with Crippen molar-refractivity contribution in [2.75, 3.05) is 19.6 Å². The van der Waals surface area contributed by atoms with Crippen LogP contribution in [-0.2, 0) is 17.9 Å². The lowest BCUT2D eigenvalue weighted by molar-refractivity contribution is -0.149. The molecular formula is C20H26N4O2. The van der Waals surface area contributed by atoms with Crippen LogP contribution in [0, 0.1) is 5.41 Å². The molecule has 2 saturated heterocycles. The molecule has 0 unspecified atom stereocenters. The van der Waals surface area contributed by atoms with Gasteiger partial charge in [-0.15, -0.1) is 0 Å². The predicted molar refractivity (Wildman–Crippen MR) is 98.3 cm³/mol. The lowest BCUT2D eigenvalue weighted by atomic mass is 9.71. The van der Waals surface area contributed by atoms with Gasteiger partial charge in [-0.25, -0.2) is 0 Å². The zero-order valence-corrected chi connectivity index (χ0v) is 15.0. The first-order chi connectivity index (χ1) is 12.7. The van der Waals surface area contributed by atoms with Gasteiger partial charge in [-0.3, -0.25) is 14.4 Å². The molecule has 1 aromatic carbocycles. The first-order valence-electron chi connectivity index (χ1n) is 9.40. The van der Waals surface area contributed by atoms with E-state index in [4.69, 9.17) is 0 Å². The molecule has 4 rings (SSSR count). The second-order valence-corrected chi connectivity index (χ2v) is 7.56. The zero-order chi connectivity index (χ0) is 18.0. The van der Waals surface area contributed by atoms with Crippen molar-refractivity contribution in [3.63, 3.8) is 0 Å². The number of piperidine rings is 2. The van der Waals surface area contributed by atoms with E-state index in [9.17, 15) is 9.90 Å². The Hall–Kier alpha value is -2.18. The summed E-state index contributed by atoms with van der Waals surface area (Å²) in [6, 6.07) is 10.3. The SMILES string of the molecule is O=C1NCCC[C@]12CN(Cc1cnn(Cc3ccccc3)c1)CC[C@@H]2O. The molecule has 1 amide bonds. The fraction of sp³-hybridized carbons (Fsp3) is 0.500. The molecule has 26 heavy (non-hydrogen) atoms. The summed E-state index contributed by atoms with van der Waals surface area (Å²) < 4.78 is 1.95. The van der Waals surface area contributed by atoms with Crippen LogP contribution in [0.2, 0.25) is 0 Å². The van der Waals surface area contributed by atoms with Crippen molar-refractivity contribution in [2.24, 2.45) is 5.41 Å². The molecular weight excluding hydrogens is 328 g/mol. The number of carbonyl (C=O) groups excluding carboxylic acids is 1. The maximum absolute atomic E-state index is 12.5. The van der Waals surface area contributed by atoms with Gasteiger partial charge in [0.15, 0.2) is 0 Å². The first-order valence-corrected chi connectivity index (χ1v) is 9.40.